The van der Waals surface area contributed by atoms with Gasteiger partial charge < -0.3 is 26.0 Å². The highest BCUT2D eigenvalue weighted by Gasteiger charge is 2.48. The number of nitrogens with two attached hydrogens (primary N) is 1. The molecule has 1 aliphatic heterocycles. The Balaban J connectivity index is 1.38. The highest BCUT2D eigenvalue weighted by atomic mass is 16.6. The smallest absolute Gasteiger partial charge is 0.252 e. The molecule has 4 aromatic rings. The van der Waals surface area contributed by atoms with Gasteiger partial charge in [0.25, 0.3) is 5.91 Å². The van der Waals surface area contributed by atoms with E-state index in [2.05, 4.69) is 20.3 Å². The van der Waals surface area contributed by atoms with Gasteiger partial charge in [-0.25, -0.2) is 15.0 Å². The molecule has 0 aliphatic carbocycles. The summed E-state index contributed by atoms with van der Waals surface area (Å²) < 4.78 is 7.21. The molecule has 1 saturated heterocycles. The number of benzene rings is 2. The lowest BCUT2D eigenvalue weighted by Crippen LogP contribution is -2.43. The molecule has 5 rings (SSSR count). The molecular weight excluding hydrogens is 412 g/mol. The SMILES string of the molecule is C[C@@H](NC(=O)[C@H]1O[C@@H](n2cnc3c(N)ncnc32)[C@H](O)[C@@H]1O)c1cccc2ccccc12. The predicted octanol–water partition coefficient (Wildman–Crippen LogP) is 1.06. The fourth-order valence-electron chi connectivity index (χ4n) is 4.16. The number of aromatic nitrogens is 4. The highest BCUT2D eigenvalue weighted by molar-refractivity contribution is 5.88. The van der Waals surface area contributed by atoms with Gasteiger partial charge in [-0.1, -0.05) is 42.5 Å². The lowest BCUT2D eigenvalue weighted by Gasteiger charge is -2.20. The summed E-state index contributed by atoms with van der Waals surface area (Å²) in [6.45, 7) is 1.86. The number of anilines is 1. The monoisotopic (exact) mass is 434 g/mol. The van der Waals surface area contributed by atoms with E-state index in [9.17, 15) is 15.0 Å². The molecule has 0 bridgehead atoms. The number of aliphatic hydroxyl groups excluding tert-OH is 2. The molecule has 0 saturated carbocycles. The second-order valence-electron chi connectivity index (χ2n) is 7.81. The number of amides is 1. The highest BCUT2D eigenvalue weighted by Crippen LogP contribution is 2.33. The summed E-state index contributed by atoms with van der Waals surface area (Å²) in [6, 6.07) is 13.4. The van der Waals surface area contributed by atoms with Gasteiger partial charge in [0.1, 0.15) is 24.1 Å². The van der Waals surface area contributed by atoms with Crippen molar-refractivity contribution in [1.82, 2.24) is 24.8 Å². The molecule has 164 valence electrons. The number of aliphatic hydroxyl groups is 2. The van der Waals surface area contributed by atoms with Crippen molar-refractivity contribution in [2.75, 3.05) is 5.73 Å². The van der Waals surface area contributed by atoms with Crippen LogP contribution in [0.1, 0.15) is 24.8 Å². The molecule has 2 aromatic heterocycles. The molecule has 5 N–H and O–H groups in total. The van der Waals surface area contributed by atoms with E-state index >= 15 is 0 Å². The van der Waals surface area contributed by atoms with Crippen molar-refractivity contribution >= 4 is 33.7 Å². The Bertz CT molecular complexity index is 1300. The van der Waals surface area contributed by atoms with Crippen LogP contribution in [-0.4, -0.2) is 54.0 Å². The molecule has 5 atom stereocenters. The zero-order valence-electron chi connectivity index (χ0n) is 17.2. The molecule has 1 aliphatic rings. The topological polar surface area (TPSA) is 148 Å². The van der Waals surface area contributed by atoms with E-state index in [0.717, 1.165) is 16.3 Å². The lowest BCUT2D eigenvalue weighted by atomic mass is 9.99. The Morgan fingerprint density at radius 2 is 1.91 bits per heavy atom. The molecule has 3 heterocycles. The Morgan fingerprint density at radius 3 is 2.75 bits per heavy atom. The van der Waals surface area contributed by atoms with Gasteiger partial charge in [-0.05, 0) is 23.3 Å². The van der Waals surface area contributed by atoms with Crippen LogP contribution in [0.25, 0.3) is 21.9 Å². The number of nitrogen functional groups attached to an aromatic ring is 1. The minimum absolute atomic E-state index is 0.181. The maximum Gasteiger partial charge on any atom is 0.252 e. The van der Waals surface area contributed by atoms with Gasteiger partial charge in [-0.3, -0.25) is 9.36 Å². The van der Waals surface area contributed by atoms with Crippen LogP contribution in [0.15, 0.2) is 55.1 Å². The molecule has 0 unspecified atom stereocenters. The third-order valence-electron chi connectivity index (χ3n) is 5.81. The Hall–Kier alpha value is -3.60. The van der Waals surface area contributed by atoms with Crippen molar-refractivity contribution in [3.8, 4) is 0 Å². The van der Waals surface area contributed by atoms with Crippen molar-refractivity contribution < 1.29 is 19.7 Å². The first-order valence-electron chi connectivity index (χ1n) is 10.2. The Labute approximate surface area is 182 Å². The summed E-state index contributed by atoms with van der Waals surface area (Å²) in [5.74, 6) is -0.349. The molecular formula is C22H22N6O4. The molecule has 0 radical (unpaired) electrons. The van der Waals surface area contributed by atoms with Crippen LogP contribution < -0.4 is 11.1 Å². The first-order valence-corrected chi connectivity index (χ1v) is 10.2. The summed E-state index contributed by atoms with van der Waals surface area (Å²) in [5.41, 5.74) is 7.43. The first-order chi connectivity index (χ1) is 15.5. The maximum absolute atomic E-state index is 13.0. The zero-order chi connectivity index (χ0) is 22.4. The van der Waals surface area contributed by atoms with Crippen molar-refractivity contribution in [1.29, 1.82) is 0 Å². The van der Waals surface area contributed by atoms with Crippen LogP contribution in [0.3, 0.4) is 0 Å². The third-order valence-corrected chi connectivity index (χ3v) is 5.81. The van der Waals surface area contributed by atoms with Crippen molar-refractivity contribution in [3.63, 3.8) is 0 Å². The van der Waals surface area contributed by atoms with E-state index in [0.29, 0.717) is 11.2 Å². The quantitative estimate of drug-likeness (QED) is 0.373. The summed E-state index contributed by atoms with van der Waals surface area (Å²) in [6.07, 6.45) is -2.49. The molecule has 1 amide bonds. The van der Waals surface area contributed by atoms with Crippen molar-refractivity contribution in [2.45, 2.75) is 37.5 Å². The van der Waals surface area contributed by atoms with E-state index in [-0.39, 0.29) is 11.9 Å². The van der Waals surface area contributed by atoms with E-state index in [1.54, 1.807) is 0 Å². The van der Waals surface area contributed by atoms with Crippen LogP contribution in [0, 0.1) is 0 Å². The fourth-order valence-corrected chi connectivity index (χ4v) is 4.16. The predicted molar refractivity (Wildman–Crippen MR) is 116 cm³/mol. The average Bonchev–Trinajstić information content (AvgIpc) is 3.35. The molecule has 10 heteroatoms. The zero-order valence-corrected chi connectivity index (χ0v) is 17.2. The minimum Gasteiger partial charge on any atom is -0.387 e. The number of carbonyl (C=O) groups excluding carboxylic acids is 1. The molecule has 1 fully saturated rings. The molecule has 10 nitrogen and oxygen atoms in total. The van der Waals surface area contributed by atoms with E-state index in [1.807, 2.05) is 49.4 Å². The molecule has 2 aromatic carbocycles. The van der Waals surface area contributed by atoms with Gasteiger partial charge >= 0.3 is 0 Å². The average molecular weight is 434 g/mol. The number of nitrogens with zero attached hydrogens (tertiary/aromatic N) is 4. The van der Waals surface area contributed by atoms with E-state index in [4.69, 9.17) is 10.5 Å². The maximum atomic E-state index is 13.0. The standard InChI is InChI=1S/C22H22N6O4/c1-11(13-8-4-6-12-5-2-3-7-14(12)13)27-21(31)18-16(29)17(30)22(32-18)28-10-26-15-19(23)24-9-25-20(15)28/h2-11,16-18,22,29-30H,1H3,(H,27,31)(H2,23,24,25)/t11-,16+,17-,18+,22-/m1/s1. The largest absolute Gasteiger partial charge is 0.387 e. The number of imidazole rings is 1. The Morgan fingerprint density at radius 1 is 1.12 bits per heavy atom. The van der Waals surface area contributed by atoms with Gasteiger partial charge in [0.05, 0.1) is 12.4 Å². The number of ether oxygens (including phenoxy) is 1. The van der Waals surface area contributed by atoms with Gasteiger partial charge in [-0.15, -0.1) is 0 Å². The number of rotatable bonds is 4. The fraction of sp³-hybridized carbons (Fsp3) is 0.273. The second kappa shape index (κ2) is 7.83. The second-order valence-corrected chi connectivity index (χ2v) is 7.81. The third kappa shape index (κ3) is 3.25. The van der Waals surface area contributed by atoms with Gasteiger partial charge in [0, 0.05) is 0 Å². The number of fused-ring (bicyclic) bond motifs is 2. The lowest BCUT2D eigenvalue weighted by molar-refractivity contribution is -0.138. The molecule has 0 spiro atoms. The van der Waals surface area contributed by atoms with E-state index < -0.39 is 30.4 Å². The number of carbonyl (C=O) groups is 1. The van der Waals surface area contributed by atoms with Gasteiger partial charge in [0.2, 0.25) is 0 Å². The van der Waals surface area contributed by atoms with Crippen molar-refractivity contribution in [2.24, 2.45) is 0 Å². The van der Waals surface area contributed by atoms with E-state index in [1.165, 1.54) is 17.2 Å². The summed E-state index contributed by atoms with van der Waals surface area (Å²) in [7, 11) is 0. The van der Waals surface area contributed by atoms with Crippen LogP contribution >= 0.6 is 0 Å². The normalized spacial score (nSPS) is 24.1. The van der Waals surface area contributed by atoms with Crippen LogP contribution in [0.5, 0.6) is 0 Å². The number of hydrogen-bond donors (Lipinski definition) is 4. The van der Waals surface area contributed by atoms with Crippen LogP contribution in [0.4, 0.5) is 5.82 Å². The van der Waals surface area contributed by atoms with Crippen LogP contribution in [0.2, 0.25) is 0 Å². The van der Waals surface area contributed by atoms with Crippen LogP contribution in [-0.2, 0) is 9.53 Å². The van der Waals surface area contributed by atoms with Crippen molar-refractivity contribution in [3.05, 3.63) is 60.7 Å². The summed E-state index contributed by atoms with van der Waals surface area (Å²) in [5, 5.41) is 26.1. The van der Waals surface area contributed by atoms with Gasteiger partial charge in [0.15, 0.2) is 23.8 Å². The number of nitrogens with one attached hydrogen (secondary N) is 1. The summed E-state index contributed by atoms with van der Waals surface area (Å²) >= 11 is 0. The summed E-state index contributed by atoms with van der Waals surface area (Å²) in [4.78, 5) is 25.1. The number of hydrogen-bond acceptors (Lipinski definition) is 8. The molecule has 32 heavy (non-hydrogen) atoms. The van der Waals surface area contributed by atoms with Gasteiger partial charge in [-0.2, -0.15) is 0 Å². The Kier molecular flexibility index (Phi) is 4.97. The first kappa shape index (κ1) is 20.3. The minimum atomic E-state index is -1.43.